The Morgan fingerprint density at radius 1 is 0.944 bits per heavy atom. The zero-order chi connectivity index (χ0) is 13.1. The maximum Gasteiger partial charge on any atom is 0.168 e. The van der Waals surface area contributed by atoms with Crippen molar-refractivity contribution in [2.45, 2.75) is 6.54 Å². The van der Waals surface area contributed by atoms with Gasteiger partial charge in [-0.15, -0.1) is 0 Å². The van der Waals surface area contributed by atoms with Crippen molar-refractivity contribution in [1.29, 1.82) is 0 Å². The maximum absolute atomic E-state index is 13.2. The Kier molecular flexibility index (Phi) is 3.45. The molecule has 2 aromatic rings. The first-order valence-electron chi connectivity index (χ1n) is 5.05. The number of anilines is 1. The normalized spacial score (nSPS) is 10.4. The highest BCUT2D eigenvalue weighted by molar-refractivity contribution is 5.37. The third-order valence-electron chi connectivity index (χ3n) is 2.25. The number of benzene rings is 1. The lowest BCUT2D eigenvalue weighted by atomic mass is 10.2. The second-order valence-corrected chi connectivity index (χ2v) is 3.59. The molecule has 1 aromatic heterocycles. The van der Waals surface area contributed by atoms with Gasteiger partial charge in [-0.3, -0.25) is 0 Å². The van der Waals surface area contributed by atoms with Crippen molar-refractivity contribution in [2.75, 3.05) is 5.32 Å². The van der Waals surface area contributed by atoms with Crippen LogP contribution in [0.4, 0.5) is 23.4 Å². The molecule has 0 fully saturated rings. The molecule has 0 radical (unpaired) electrons. The predicted molar refractivity (Wildman–Crippen MR) is 57.8 cm³/mol. The van der Waals surface area contributed by atoms with Crippen molar-refractivity contribution in [1.82, 2.24) is 4.98 Å². The standard InChI is InChI=1S/C12H8F4N2/c13-8-4-11(16)12(18-6-8)17-5-7-1-2-9(14)10(15)3-7/h1-4,6H,5H2,(H,17,18). The van der Waals surface area contributed by atoms with Gasteiger partial charge in [0.1, 0.15) is 5.82 Å². The summed E-state index contributed by atoms with van der Waals surface area (Å²) in [6.45, 7) is 0.0484. The fourth-order valence-electron chi connectivity index (χ4n) is 1.38. The molecule has 2 rings (SSSR count). The molecule has 0 amide bonds. The van der Waals surface area contributed by atoms with Gasteiger partial charge in [0.2, 0.25) is 0 Å². The molecular formula is C12H8F4N2. The van der Waals surface area contributed by atoms with E-state index in [1.807, 2.05) is 0 Å². The van der Waals surface area contributed by atoms with Crippen LogP contribution in [-0.2, 0) is 6.54 Å². The summed E-state index contributed by atoms with van der Waals surface area (Å²) in [5.74, 6) is -3.73. The lowest BCUT2D eigenvalue weighted by Crippen LogP contribution is -2.04. The van der Waals surface area contributed by atoms with E-state index in [4.69, 9.17) is 0 Å². The van der Waals surface area contributed by atoms with Gasteiger partial charge in [-0.1, -0.05) is 6.07 Å². The number of hydrogen-bond acceptors (Lipinski definition) is 2. The molecule has 0 spiro atoms. The Balaban J connectivity index is 2.09. The summed E-state index contributed by atoms with van der Waals surface area (Å²) >= 11 is 0. The highest BCUT2D eigenvalue weighted by atomic mass is 19.2. The van der Waals surface area contributed by atoms with Crippen LogP contribution in [0.5, 0.6) is 0 Å². The molecule has 0 atom stereocenters. The SMILES string of the molecule is Fc1cnc(NCc2ccc(F)c(F)c2)c(F)c1. The molecule has 0 aliphatic heterocycles. The first-order valence-corrected chi connectivity index (χ1v) is 5.05. The third-order valence-corrected chi connectivity index (χ3v) is 2.25. The van der Waals surface area contributed by atoms with Gasteiger partial charge in [-0.05, 0) is 17.7 Å². The lowest BCUT2D eigenvalue weighted by Gasteiger charge is -2.06. The molecule has 1 heterocycles. The van der Waals surface area contributed by atoms with E-state index in [2.05, 4.69) is 10.3 Å². The van der Waals surface area contributed by atoms with Gasteiger partial charge in [0.15, 0.2) is 23.3 Å². The molecule has 0 saturated carbocycles. The van der Waals surface area contributed by atoms with Crippen LogP contribution in [-0.4, -0.2) is 4.98 Å². The van der Waals surface area contributed by atoms with Crippen molar-refractivity contribution in [3.05, 3.63) is 59.3 Å². The molecule has 1 aromatic carbocycles. The first-order chi connectivity index (χ1) is 8.56. The van der Waals surface area contributed by atoms with Gasteiger partial charge in [-0.25, -0.2) is 22.5 Å². The molecular weight excluding hydrogens is 248 g/mol. The van der Waals surface area contributed by atoms with Gasteiger partial charge in [0.25, 0.3) is 0 Å². The van der Waals surface area contributed by atoms with Crippen LogP contribution in [0.1, 0.15) is 5.56 Å². The van der Waals surface area contributed by atoms with Crippen molar-refractivity contribution >= 4 is 5.82 Å². The topological polar surface area (TPSA) is 24.9 Å². The van der Waals surface area contributed by atoms with Crippen LogP contribution in [0.2, 0.25) is 0 Å². The molecule has 0 saturated heterocycles. The Morgan fingerprint density at radius 3 is 2.39 bits per heavy atom. The largest absolute Gasteiger partial charge is 0.364 e. The number of halogens is 4. The van der Waals surface area contributed by atoms with E-state index in [9.17, 15) is 17.6 Å². The summed E-state index contributed by atoms with van der Waals surface area (Å²) in [5.41, 5.74) is 0.416. The van der Waals surface area contributed by atoms with Crippen LogP contribution >= 0.6 is 0 Å². The third kappa shape index (κ3) is 2.77. The zero-order valence-electron chi connectivity index (χ0n) is 9.05. The van der Waals surface area contributed by atoms with Crippen molar-refractivity contribution in [3.8, 4) is 0 Å². The van der Waals surface area contributed by atoms with Crippen LogP contribution in [0.15, 0.2) is 30.5 Å². The van der Waals surface area contributed by atoms with E-state index in [0.29, 0.717) is 11.6 Å². The molecule has 0 unspecified atom stereocenters. The summed E-state index contributed by atoms with van der Waals surface area (Å²) in [6.07, 6.45) is 0.858. The molecule has 0 aliphatic rings. The van der Waals surface area contributed by atoms with Gasteiger partial charge < -0.3 is 5.32 Å². The number of pyridine rings is 1. The average Bonchev–Trinajstić information content (AvgIpc) is 2.32. The Labute approximate surface area is 100 Å². The number of nitrogens with zero attached hydrogens (tertiary/aromatic N) is 1. The summed E-state index contributed by atoms with van der Waals surface area (Å²) in [5, 5.41) is 2.56. The molecule has 1 N–H and O–H groups in total. The second-order valence-electron chi connectivity index (χ2n) is 3.59. The van der Waals surface area contributed by atoms with Crippen molar-refractivity contribution in [2.24, 2.45) is 0 Å². The zero-order valence-corrected chi connectivity index (χ0v) is 9.05. The Morgan fingerprint density at radius 2 is 1.72 bits per heavy atom. The van der Waals surface area contributed by atoms with Crippen LogP contribution < -0.4 is 5.32 Å². The second kappa shape index (κ2) is 5.03. The minimum Gasteiger partial charge on any atom is -0.364 e. The highest BCUT2D eigenvalue weighted by Gasteiger charge is 2.06. The minimum absolute atomic E-state index is 0.0484. The van der Waals surface area contributed by atoms with Gasteiger partial charge in [0.05, 0.1) is 6.20 Å². The van der Waals surface area contributed by atoms with Gasteiger partial charge >= 0.3 is 0 Å². The smallest absolute Gasteiger partial charge is 0.168 e. The summed E-state index contributed by atoms with van der Waals surface area (Å²) < 4.78 is 51.3. The van der Waals surface area contributed by atoms with E-state index >= 15 is 0 Å². The van der Waals surface area contributed by atoms with E-state index in [-0.39, 0.29) is 12.4 Å². The lowest BCUT2D eigenvalue weighted by molar-refractivity contribution is 0.507. The Hall–Kier alpha value is -2.11. The van der Waals surface area contributed by atoms with Crippen LogP contribution in [0, 0.1) is 23.3 Å². The number of nitrogens with one attached hydrogen (secondary N) is 1. The Bertz CT molecular complexity index is 572. The number of rotatable bonds is 3. The first kappa shape index (κ1) is 12.3. The highest BCUT2D eigenvalue weighted by Crippen LogP contribution is 2.14. The van der Waals surface area contributed by atoms with Gasteiger partial charge in [-0.2, -0.15) is 0 Å². The molecule has 6 heteroatoms. The van der Waals surface area contributed by atoms with Crippen LogP contribution in [0.3, 0.4) is 0 Å². The van der Waals surface area contributed by atoms with Crippen molar-refractivity contribution < 1.29 is 17.6 Å². The fraction of sp³-hybridized carbons (Fsp3) is 0.0833. The molecule has 18 heavy (non-hydrogen) atoms. The molecule has 0 aliphatic carbocycles. The van der Waals surface area contributed by atoms with Crippen LogP contribution in [0.25, 0.3) is 0 Å². The monoisotopic (exact) mass is 256 g/mol. The molecule has 0 bridgehead atoms. The summed E-state index contributed by atoms with van der Waals surface area (Å²) in [6, 6.07) is 4.00. The fourth-order valence-corrected chi connectivity index (χ4v) is 1.38. The summed E-state index contributed by atoms with van der Waals surface area (Å²) in [4.78, 5) is 3.50. The van der Waals surface area contributed by atoms with E-state index in [1.54, 1.807) is 0 Å². The number of hydrogen-bond donors (Lipinski definition) is 1. The maximum atomic E-state index is 13.2. The van der Waals surface area contributed by atoms with E-state index in [1.165, 1.54) is 6.07 Å². The summed E-state index contributed by atoms with van der Waals surface area (Å²) in [7, 11) is 0. The molecule has 94 valence electrons. The van der Waals surface area contributed by atoms with E-state index < -0.39 is 23.3 Å². The number of aromatic nitrogens is 1. The molecule has 2 nitrogen and oxygen atoms in total. The van der Waals surface area contributed by atoms with Gasteiger partial charge in [0, 0.05) is 12.6 Å². The quantitative estimate of drug-likeness (QED) is 0.853. The minimum atomic E-state index is -0.984. The predicted octanol–water partition coefficient (Wildman–Crippen LogP) is 3.25. The van der Waals surface area contributed by atoms with E-state index in [0.717, 1.165) is 18.3 Å². The van der Waals surface area contributed by atoms with Crippen molar-refractivity contribution in [3.63, 3.8) is 0 Å². The average molecular weight is 256 g/mol.